The number of piperidine rings is 1. The molecule has 0 radical (unpaired) electrons. The summed E-state index contributed by atoms with van der Waals surface area (Å²) in [6, 6.07) is 8.53. The minimum absolute atomic E-state index is 0.0183. The molecule has 0 saturated carbocycles. The lowest BCUT2D eigenvalue weighted by Crippen LogP contribution is -2.41. The van der Waals surface area contributed by atoms with Crippen LogP contribution in [0.25, 0.3) is 0 Å². The molecule has 150 valence electrons. The maximum Gasteiger partial charge on any atom is 0.314 e. The van der Waals surface area contributed by atoms with Crippen molar-refractivity contribution in [1.82, 2.24) is 8.87 Å². The van der Waals surface area contributed by atoms with Crippen molar-refractivity contribution in [3.05, 3.63) is 47.8 Å². The summed E-state index contributed by atoms with van der Waals surface area (Å²) < 4.78 is 33.9. The van der Waals surface area contributed by atoms with Crippen molar-refractivity contribution in [2.45, 2.75) is 24.7 Å². The first-order valence-corrected chi connectivity index (χ1v) is 10.4. The molecule has 3 rings (SSSR count). The van der Waals surface area contributed by atoms with Gasteiger partial charge in [0.2, 0.25) is 10.0 Å². The Hall–Kier alpha value is -2.65. The lowest BCUT2D eigenvalue weighted by Gasteiger charge is -2.29. The van der Waals surface area contributed by atoms with Crippen molar-refractivity contribution in [3.8, 4) is 5.75 Å². The summed E-state index contributed by atoms with van der Waals surface area (Å²) in [5, 5.41) is 0. The molecule has 2 aromatic rings. The van der Waals surface area contributed by atoms with Crippen molar-refractivity contribution in [2.75, 3.05) is 13.1 Å². The van der Waals surface area contributed by atoms with E-state index in [0.717, 1.165) is 5.56 Å². The van der Waals surface area contributed by atoms with Crippen LogP contribution < -0.4 is 10.5 Å². The molecule has 9 heteroatoms. The van der Waals surface area contributed by atoms with E-state index in [1.807, 2.05) is 19.1 Å². The van der Waals surface area contributed by atoms with E-state index in [2.05, 4.69) is 0 Å². The molecule has 1 aromatic heterocycles. The molecule has 1 amide bonds. The standard InChI is InChI=1S/C19H23N3O5S/c1-13-5-3-4-6-17(13)27-19(24)14-7-9-22(10-8-14)28(25,26)15-11-16(18(20)23)21(2)12-15/h3-6,11-12,14H,7-10H2,1-2H3,(H2,20,23). The number of ether oxygens (including phenoxy) is 1. The Kier molecular flexibility index (Phi) is 5.57. The number of nitrogens with two attached hydrogens (primary N) is 1. The van der Waals surface area contributed by atoms with Gasteiger partial charge >= 0.3 is 5.97 Å². The van der Waals surface area contributed by atoms with Crippen molar-refractivity contribution >= 4 is 21.9 Å². The first kappa shape index (κ1) is 20.1. The number of sulfonamides is 1. The number of aromatic nitrogens is 1. The van der Waals surface area contributed by atoms with Crippen LogP contribution >= 0.6 is 0 Å². The van der Waals surface area contributed by atoms with Crippen molar-refractivity contribution < 1.29 is 22.7 Å². The summed E-state index contributed by atoms with van der Waals surface area (Å²) >= 11 is 0. The molecule has 1 fully saturated rings. The average Bonchev–Trinajstić information content (AvgIpc) is 3.06. The lowest BCUT2D eigenvalue weighted by atomic mass is 9.98. The topological polar surface area (TPSA) is 112 Å². The minimum atomic E-state index is -3.76. The largest absolute Gasteiger partial charge is 0.426 e. The SMILES string of the molecule is Cc1ccccc1OC(=O)C1CCN(S(=O)(=O)c2cc(C(N)=O)n(C)c2)CC1. The second-order valence-electron chi connectivity index (χ2n) is 6.90. The van der Waals surface area contributed by atoms with Crippen LogP contribution in [0.1, 0.15) is 28.9 Å². The number of esters is 1. The van der Waals surface area contributed by atoms with Crippen LogP contribution in [-0.2, 0) is 21.9 Å². The van der Waals surface area contributed by atoms with Crippen molar-refractivity contribution in [1.29, 1.82) is 0 Å². The second kappa shape index (κ2) is 7.76. The number of benzene rings is 1. The van der Waals surface area contributed by atoms with Gasteiger partial charge in [-0.2, -0.15) is 4.31 Å². The zero-order chi connectivity index (χ0) is 20.5. The van der Waals surface area contributed by atoms with Crippen LogP contribution in [0.15, 0.2) is 41.4 Å². The van der Waals surface area contributed by atoms with Gasteiger partial charge in [-0.3, -0.25) is 9.59 Å². The highest BCUT2D eigenvalue weighted by Gasteiger charge is 2.34. The highest BCUT2D eigenvalue weighted by molar-refractivity contribution is 7.89. The second-order valence-corrected chi connectivity index (χ2v) is 8.84. The number of para-hydroxylation sites is 1. The maximum absolute atomic E-state index is 12.8. The van der Waals surface area contributed by atoms with Gasteiger partial charge in [-0.15, -0.1) is 0 Å². The molecule has 1 aliphatic rings. The number of amides is 1. The quantitative estimate of drug-likeness (QED) is 0.598. The predicted octanol–water partition coefficient (Wildman–Crippen LogP) is 1.44. The summed E-state index contributed by atoms with van der Waals surface area (Å²) in [7, 11) is -2.20. The van der Waals surface area contributed by atoms with Crippen LogP contribution in [0.3, 0.4) is 0 Å². The Morgan fingerprint density at radius 2 is 1.82 bits per heavy atom. The van der Waals surface area contributed by atoms with E-state index in [1.54, 1.807) is 19.2 Å². The molecule has 1 saturated heterocycles. The zero-order valence-corrected chi connectivity index (χ0v) is 16.6. The monoisotopic (exact) mass is 405 g/mol. The van der Waals surface area contributed by atoms with Crippen LogP contribution in [0.2, 0.25) is 0 Å². The van der Waals surface area contributed by atoms with Gasteiger partial charge in [-0.25, -0.2) is 8.42 Å². The Morgan fingerprint density at radius 3 is 2.39 bits per heavy atom. The summed E-state index contributed by atoms with van der Waals surface area (Å²) in [4.78, 5) is 23.8. The molecule has 2 heterocycles. The van der Waals surface area contributed by atoms with Gasteiger partial charge in [0.1, 0.15) is 16.3 Å². The van der Waals surface area contributed by atoms with Gasteiger partial charge < -0.3 is 15.0 Å². The first-order chi connectivity index (χ1) is 13.2. The highest BCUT2D eigenvalue weighted by Crippen LogP contribution is 2.27. The molecular weight excluding hydrogens is 382 g/mol. The Morgan fingerprint density at radius 1 is 1.18 bits per heavy atom. The predicted molar refractivity (Wildman–Crippen MR) is 102 cm³/mol. The van der Waals surface area contributed by atoms with E-state index >= 15 is 0 Å². The van der Waals surface area contributed by atoms with Crippen LogP contribution in [0.4, 0.5) is 0 Å². The Bertz CT molecular complexity index is 1000. The molecule has 0 aliphatic carbocycles. The third-order valence-corrected chi connectivity index (χ3v) is 6.83. The molecule has 2 N–H and O–H groups in total. The molecule has 0 unspecified atom stereocenters. The number of carbonyl (C=O) groups excluding carboxylic acids is 2. The number of carbonyl (C=O) groups is 2. The van der Waals surface area contributed by atoms with E-state index in [-0.39, 0.29) is 35.6 Å². The Labute approximate surface area is 163 Å². The third-order valence-electron chi connectivity index (χ3n) is 4.96. The van der Waals surface area contributed by atoms with Crippen LogP contribution in [-0.4, -0.2) is 42.3 Å². The zero-order valence-electron chi connectivity index (χ0n) is 15.8. The molecule has 1 aliphatic heterocycles. The van der Waals surface area contributed by atoms with Crippen LogP contribution in [0, 0.1) is 12.8 Å². The summed E-state index contributed by atoms with van der Waals surface area (Å²) in [5.41, 5.74) is 6.24. The number of primary amides is 1. The lowest BCUT2D eigenvalue weighted by molar-refractivity contribution is -0.140. The van der Waals surface area contributed by atoms with E-state index in [9.17, 15) is 18.0 Å². The summed E-state index contributed by atoms with van der Waals surface area (Å²) in [6.07, 6.45) is 2.12. The number of hydrogen-bond donors (Lipinski definition) is 1. The summed E-state index contributed by atoms with van der Waals surface area (Å²) in [5.74, 6) is -0.877. The molecule has 8 nitrogen and oxygen atoms in total. The number of rotatable bonds is 5. The van der Waals surface area contributed by atoms with Gasteiger partial charge in [0.05, 0.1) is 5.92 Å². The van der Waals surface area contributed by atoms with E-state index in [4.69, 9.17) is 10.5 Å². The van der Waals surface area contributed by atoms with Crippen LogP contribution in [0.5, 0.6) is 5.75 Å². The fourth-order valence-electron chi connectivity index (χ4n) is 3.26. The van der Waals surface area contributed by atoms with E-state index in [0.29, 0.717) is 18.6 Å². The number of nitrogens with zero attached hydrogens (tertiary/aromatic N) is 2. The summed E-state index contributed by atoms with van der Waals surface area (Å²) in [6.45, 7) is 2.27. The van der Waals surface area contributed by atoms with Crippen molar-refractivity contribution in [2.24, 2.45) is 18.7 Å². The minimum Gasteiger partial charge on any atom is -0.426 e. The molecule has 0 spiro atoms. The van der Waals surface area contributed by atoms with Gasteiger partial charge in [-0.1, -0.05) is 18.2 Å². The number of hydrogen-bond acceptors (Lipinski definition) is 5. The smallest absolute Gasteiger partial charge is 0.314 e. The molecule has 0 atom stereocenters. The van der Waals surface area contributed by atoms with Gasteiger partial charge in [0.25, 0.3) is 5.91 Å². The van der Waals surface area contributed by atoms with Gasteiger partial charge in [0.15, 0.2) is 0 Å². The molecule has 0 bridgehead atoms. The first-order valence-electron chi connectivity index (χ1n) is 8.94. The normalized spacial score (nSPS) is 16.1. The molecular formula is C19H23N3O5S. The molecule has 28 heavy (non-hydrogen) atoms. The maximum atomic E-state index is 12.8. The van der Waals surface area contributed by atoms with E-state index < -0.39 is 15.9 Å². The third kappa shape index (κ3) is 3.95. The average molecular weight is 405 g/mol. The fraction of sp³-hybridized carbons (Fsp3) is 0.368. The number of aryl methyl sites for hydroxylation is 2. The Balaban J connectivity index is 1.66. The van der Waals surface area contributed by atoms with Gasteiger partial charge in [0, 0.05) is 26.3 Å². The van der Waals surface area contributed by atoms with Gasteiger partial charge in [-0.05, 0) is 37.5 Å². The highest BCUT2D eigenvalue weighted by atomic mass is 32.2. The fourth-order valence-corrected chi connectivity index (χ4v) is 4.81. The van der Waals surface area contributed by atoms with E-state index in [1.165, 1.54) is 21.1 Å². The van der Waals surface area contributed by atoms with Crippen molar-refractivity contribution in [3.63, 3.8) is 0 Å². The molecule has 1 aromatic carbocycles.